The van der Waals surface area contributed by atoms with Crippen molar-refractivity contribution in [3.63, 3.8) is 0 Å². The number of nitrogens with zero attached hydrogens (tertiary/aromatic N) is 1. The summed E-state index contributed by atoms with van der Waals surface area (Å²) < 4.78 is 0. The molecule has 1 fully saturated rings. The van der Waals surface area contributed by atoms with Crippen molar-refractivity contribution in [3.8, 4) is 0 Å². The first-order valence-electron chi connectivity index (χ1n) is 4.75. The van der Waals surface area contributed by atoms with Crippen molar-refractivity contribution in [2.45, 2.75) is 19.3 Å². The van der Waals surface area contributed by atoms with Gasteiger partial charge in [-0.1, -0.05) is 0 Å². The van der Waals surface area contributed by atoms with Crippen LogP contribution in [0.2, 0.25) is 0 Å². The quantitative estimate of drug-likeness (QED) is 0.632. The van der Waals surface area contributed by atoms with Crippen molar-refractivity contribution in [1.82, 2.24) is 4.90 Å². The molecule has 1 aliphatic rings. The Balaban J connectivity index is 2.54. The Morgan fingerprint density at radius 1 is 1.07 bits per heavy atom. The van der Waals surface area contributed by atoms with Crippen molar-refractivity contribution in [1.29, 1.82) is 0 Å². The molecule has 0 aromatic rings. The van der Waals surface area contributed by atoms with E-state index in [9.17, 15) is 14.4 Å². The van der Waals surface area contributed by atoms with Crippen LogP contribution < -0.4 is 0 Å². The monoisotopic (exact) mass is 215 g/mol. The minimum absolute atomic E-state index is 0.387. The molecule has 1 rings (SSSR count). The molecule has 1 amide bonds. The second-order valence-corrected chi connectivity index (χ2v) is 3.52. The molecular formula is C9H13NO5. The lowest BCUT2D eigenvalue weighted by Gasteiger charge is -2.16. The molecule has 0 unspecified atom stereocenters. The van der Waals surface area contributed by atoms with Gasteiger partial charge in [-0.2, -0.15) is 0 Å². The highest BCUT2D eigenvalue weighted by Gasteiger charge is 2.31. The van der Waals surface area contributed by atoms with Crippen LogP contribution in [0, 0.1) is 5.92 Å². The molecule has 0 aliphatic carbocycles. The molecular weight excluding hydrogens is 202 g/mol. The van der Waals surface area contributed by atoms with E-state index in [1.165, 1.54) is 4.90 Å². The first-order chi connectivity index (χ1) is 7.02. The van der Waals surface area contributed by atoms with Gasteiger partial charge < -0.3 is 15.1 Å². The zero-order chi connectivity index (χ0) is 11.4. The van der Waals surface area contributed by atoms with Crippen LogP contribution in [0.3, 0.4) is 0 Å². The summed E-state index contributed by atoms with van der Waals surface area (Å²) in [6, 6.07) is 0. The van der Waals surface area contributed by atoms with Gasteiger partial charge in [-0.15, -0.1) is 0 Å². The largest absolute Gasteiger partial charge is 0.481 e. The lowest BCUT2D eigenvalue weighted by atomic mass is 10.1. The Morgan fingerprint density at radius 2 is 1.53 bits per heavy atom. The summed E-state index contributed by atoms with van der Waals surface area (Å²) in [4.78, 5) is 34.1. The van der Waals surface area contributed by atoms with Crippen LogP contribution in [-0.4, -0.2) is 46.0 Å². The molecule has 6 heteroatoms. The summed E-state index contributed by atoms with van der Waals surface area (Å²) in [7, 11) is 0. The third-order valence-electron chi connectivity index (χ3n) is 2.43. The molecule has 2 N–H and O–H groups in total. The molecule has 0 spiro atoms. The SMILES string of the molecule is O=C(O)C(CC(=O)N1CCCC1)C(=O)O. The van der Waals surface area contributed by atoms with E-state index in [0.717, 1.165) is 12.8 Å². The van der Waals surface area contributed by atoms with Gasteiger partial charge in [-0.05, 0) is 12.8 Å². The second kappa shape index (κ2) is 4.77. The summed E-state index contributed by atoms with van der Waals surface area (Å²) >= 11 is 0. The van der Waals surface area contributed by atoms with Gasteiger partial charge >= 0.3 is 11.9 Å². The molecule has 0 saturated carbocycles. The zero-order valence-corrected chi connectivity index (χ0v) is 8.18. The van der Waals surface area contributed by atoms with Crippen LogP contribution in [0.15, 0.2) is 0 Å². The molecule has 0 aromatic heterocycles. The van der Waals surface area contributed by atoms with E-state index in [2.05, 4.69) is 0 Å². The van der Waals surface area contributed by atoms with Crippen LogP contribution in [0.4, 0.5) is 0 Å². The number of carboxylic acid groups (broad SMARTS) is 2. The number of carbonyl (C=O) groups excluding carboxylic acids is 1. The van der Waals surface area contributed by atoms with E-state index >= 15 is 0 Å². The molecule has 15 heavy (non-hydrogen) atoms. The van der Waals surface area contributed by atoms with Gasteiger partial charge in [-0.3, -0.25) is 14.4 Å². The predicted octanol–water partition coefficient (Wildman–Crippen LogP) is -0.216. The first-order valence-corrected chi connectivity index (χ1v) is 4.75. The number of hydrogen-bond donors (Lipinski definition) is 2. The third kappa shape index (κ3) is 2.93. The lowest BCUT2D eigenvalue weighted by molar-refractivity contribution is -0.157. The number of rotatable bonds is 4. The lowest BCUT2D eigenvalue weighted by Crippen LogP contribution is -2.34. The molecule has 84 valence electrons. The maximum absolute atomic E-state index is 11.5. The van der Waals surface area contributed by atoms with Gasteiger partial charge in [0.1, 0.15) is 0 Å². The van der Waals surface area contributed by atoms with Crippen LogP contribution in [0.1, 0.15) is 19.3 Å². The van der Waals surface area contributed by atoms with Crippen molar-refractivity contribution in [2.24, 2.45) is 5.92 Å². The minimum atomic E-state index is -1.63. The van der Waals surface area contributed by atoms with E-state index in [1.54, 1.807) is 0 Å². The standard InChI is InChI=1S/C9H13NO5/c11-7(10-3-1-2-4-10)5-6(8(12)13)9(14)15/h6H,1-5H2,(H,12,13)(H,14,15). The van der Waals surface area contributed by atoms with Crippen molar-refractivity contribution in [3.05, 3.63) is 0 Å². The number of carboxylic acids is 2. The average molecular weight is 215 g/mol. The summed E-state index contributed by atoms with van der Waals surface area (Å²) in [6.07, 6.45) is 1.35. The van der Waals surface area contributed by atoms with Gasteiger partial charge in [0.2, 0.25) is 5.91 Å². The number of hydrogen-bond acceptors (Lipinski definition) is 3. The highest BCUT2D eigenvalue weighted by atomic mass is 16.4. The Kier molecular flexibility index (Phi) is 3.65. The zero-order valence-electron chi connectivity index (χ0n) is 8.18. The number of aliphatic carboxylic acids is 2. The van der Waals surface area contributed by atoms with E-state index in [-0.39, 0.29) is 5.91 Å². The van der Waals surface area contributed by atoms with E-state index in [4.69, 9.17) is 10.2 Å². The average Bonchev–Trinajstić information content (AvgIpc) is 2.65. The highest BCUT2D eigenvalue weighted by molar-refractivity contribution is 5.97. The van der Waals surface area contributed by atoms with Crippen molar-refractivity contribution < 1.29 is 24.6 Å². The number of amides is 1. The summed E-state index contributed by atoms with van der Waals surface area (Å²) in [5, 5.41) is 17.2. The Bertz CT molecular complexity index is 268. The minimum Gasteiger partial charge on any atom is -0.481 e. The predicted molar refractivity (Wildman–Crippen MR) is 49.2 cm³/mol. The number of carbonyl (C=O) groups is 3. The van der Waals surface area contributed by atoms with Gasteiger partial charge in [0, 0.05) is 13.1 Å². The fourth-order valence-electron chi connectivity index (χ4n) is 1.55. The van der Waals surface area contributed by atoms with Gasteiger partial charge in [0.25, 0.3) is 0 Å². The molecule has 1 saturated heterocycles. The maximum atomic E-state index is 11.5. The van der Waals surface area contributed by atoms with Crippen molar-refractivity contribution in [2.75, 3.05) is 13.1 Å². The topological polar surface area (TPSA) is 94.9 Å². The Hall–Kier alpha value is -1.59. The van der Waals surface area contributed by atoms with E-state index in [1.807, 2.05) is 0 Å². The van der Waals surface area contributed by atoms with Crippen molar-refractivity contribution >= 4 is 17.8 Å². The molecule has 0 atom stereocenters. The first kappa shape index (κ1) is 11.5. The summed E-state index contributed by atoms with van der Waals surface area (Å²) in [5.74, 6) is -4.94. The van der Waals surface area contributed by atoms with Crippen LogP contribution in [-0.2, 0) is 14.4 Å². The van der Waals surface area contributed by atoms with Crippen LogP contribution in [0.25, 0.3) is 0 Å². The normalized spacial score (nSPS) is 15.7. The van der Waals surface area contributed by atoms with E-state index < -0.39 is 24.3 Å². The molecule has 6 nitrogen and oxygen atoms in total. The third-order valence-corrected chi connectivity index (χ3v) is 2.43. The summed E-state index contributed by atoms with van der Waals surface area (Å²) in [6.45, 7) is 1.20. The smallest absolute Gasteiger partial charge is 0.318 e. The molecule has 0 bridgehead atoms. The molecule has 1 aliphatic heterocycles. The van der Waals surface area contributed by atoms with E-state index in [0.29, 0.717) is 13.1 Å². The Labute approximate surface area is 86.5 Å². The maximum Gasteiger partial charge on any atom is 0.318 e. The molecule has 0 radical (unpaired) electrons. The fourth-order valence-corrected chi connectivity index (χ4v) is 1.55. The fraction of sp³-hybridized carbons (Fsp3) is 0.667. The molecule has 1 heterocycles. The Morgan fingerprint density at radius 3 is 1.93 bits per heavy atom. The second-order valence-electron chi connectivity index (χ2n) is 3.52. The van der Waals surface area contributed by atoms with Gasteiger partial charge in [0.05, 0.1) is 6.42 Å². The van der Waals surface area contributed by atoms with Gasteiger partial charge in [-0.25, -0.2) is 0 Å². The van der Waals surface area contributed by atoms with Crippen LogP contribution in [0.5, 0.6) is 0 Å². The summed E-state index contributed by atoms with van der Waals surface area (Å²) in [5.41, 5.74) is 0. The van der Waals surface area contributed by atoms with Crippen LogP contribution >= 0.6 is 0 Å². The number of likely N-dealkylation sites (tertiary alicyclic amines) is 1. The molecule has 0 aromatic carbocycles. The highest BCUT2D eigenvalue weighted by Crippen LogP contribution is 2.13. The van der Waals surface area contributed by atoms with Gasteiger partial charge in [0.15, 0.2) is 5.92 Å².